The zero-order chi connectivity index (χ0) is 13.6. The molecule has 3 N–H and O–H groups in total. The summed E-state index contributed by atoms with van der Waals surface area (Å²) in [4.78, 5) is 14.8. The molecule has 1 aromatic rings. The number of hydrogen-bond donors (Lipinski definition) is 3. The fourth-order valence-corrected chi connectivity index (χ4v) is 1.42. The fourth-order valence-electron chi connectivity index (χ4n) is 1.42. The van der Waals surface area contributed by atoms with Crippen molar-refractivity contribution in [1.29, 1.82) is 0 Å². The Hall–Kier alpha value is -1.66. The van der Waals surface area contributed by atoms with Crippen LogP contribution in [0.3, 0.4) is 0 Å². The van der Waals surface area contributed by atoms with E-state index < -0.39 is 11.6 Å². The molecule has 1 rings (SSSR count). The molecule has 18 heavy (non-hydrogen) atoms. The fraction of sp³-hybridized carbons (Fsp3) is 0.500. The number of nitrogens with zero attached hydrogens (tertiary/aromatic N) is 1. The highest BCUT2D eigenvalue weighted by atomic mass is 16.5. The first kappa shape index (κ1) is 14.4. The van der Waals surface area contributed by atoms with Crippen LogP contribution in [0, 0.1) is 0 Å². The lowest BCUT2D eigenvalue weighted by Crippen LogP contribution is -2.35. The third-order valence-electron chi connectivity index (χ3n) is 2.56. The average molecular weight is 254 g/mol. The molecular weight excluding hydrogens is 236 g/mol. The molecule has 6 heteroatoms. The Morgan fingerprint density at radius 2 is 2.33 bits per heavy atom. The van der Waals surface area contributed by atoms with Crippen LogP contribution in [0.4, 0.5) is 5.69 Å². The maximum absolute atomic E-state index is 11.0. The van der Waals surface area contributed by atoms with Crippen molar-refractivity contribution in [1.82, 2.24) is 4.98 Å². The van der Waals surface area contributed by atoms with Gasteiger partial charge in [-0.2, -0.15) is 0 Å². The van der Waals surface area contributed by atoms with Gasteiger partial charge in [-0.25, -0.2) is 4.79 Å². The minimum Gasteiger partial charge on any atom is -0.478 e. The van der Waals surface area contributed by atoms with Gasteiger partial charge in [0.2, 0.25) is 0 Å². The lowest BCUT2D eigenvalue weighted by molar-refractivity contribution is 0.0356. The lowest BCUT2D eigenvalue weighted by atomic mass is 10.0. The third-order valence-corrected chi connectivity index (χ3v) is 2.56. The van der Waals surface area contributed by atoms with Crippen LogP contribution >= 0.6 is 0 Å². The molecule has 0 bridgehead atoms. The number of aromatic nitrogens is 1. The number of pyridine rings is 1. The van der Waals surface area contributed by atoms with Gasteiger partial charge in [-0.05, 0) is 13.0 Å². The number of carboxylic acid groups (broad SMARTS) is 1. The first-order valence-corrected chi connectivity index (χ1v) is 5.59. The van der Waals surface area contributed by atoms with E-state index in [0.717, 1.165) is 0 Å². The molecule has 0 amide bonds. The number of ether oxygens (including phenoxy) is 1. The maximum Gasteiger partial charge on any atom is 0.337 e. The van der Waals surface area contributed by atoms with Crippen LogP contribution in [0.2, 0.25) is 0 Å². The average Bonchev–Trinajstić information content (AvgIpc) is 2.34. The van der Waals surface area contributed by atoms with Crippen LogP contribution in [0.25, 0.3) is 0 Å². The van der Waals surface area contributed by atoms with Gasteiger partial charge in [-0.3, -0.25) is 4.98 Å². The normalized spacial score (nSPS) is 13.9. The molecule has 100 valence electrons. The largest absolute Gasteiger partial charge is 0.478 e. The van der Waals surface area contributed by atoms with Gasteiger partial charge in [-0.1, -0.05) is 0 Å². The van der Waals surface area contributed by atoms with Gasteiger partial charge in [0.15, 0.2) is 0 Å². The van der Waals surface area contributed by atoms with E-state index >= 15 is 0 Å². The van der Waals surface area contributed by atoms with Crippen LogP contribution in [-0.4, -0.2) is 47.0 Å². The number of methoxy groups -OCH3 is 1. The molecule has 1 unspecified atom stereocenters. The summed E-state index contributed by atoms with van der Waals surface area (Å²) in [7, 11) is 1.56. The van der Waals surface area contributed by atoms with Crippen LogP contribution < -0.4 is 5.32 Å². The molecule has 0 saturated heterocycles. The monoisotopic (exact) mass is 254 g/mol. The van der Waals surface area contributed by atoms with Gasteiger partial charge in [0.05, 0.1) is 23.0 Å². The van der Waals surface area contributed by atoms with E-state index in [4.69, 9.17) is 9.84 Å². The standard InChI is InChI=1S/C12H18N2O4/c1-12(17,4-6-18-2)8-14-10-7-13-5-3-9(10)11(15)16/h3,5,7,14,17H,4,6,8H2,1-2H3,(H,15,16). The van der Waals surface area contributed by atoms with E-state index in [2.05, 4.69) is 10.3 Å². The molecule has 0 aliphatic heterocycles. The predicted molar refractivity (Wildman–Crippen MR) is 66.8 cm³/mol. The molecule has 6 nitrogen and oxygen atoms in total. The summed E-state index contributed by atoms with van der Waals surface area (Å²) < 4.78 is 4.90. The summed E-state index contributed by atoms with van der Waals surface area (Å²) in [6.07, 6.45) is 3.30. The van der Waals surface area contributed by atoms with Crippen molar-refractivity contribution in [3.05, 3.63) is 24.0 Å². The van der Waals surface area contributed by atoms with E-state index in [0.29, 0.717) is 18.7 Å². The second-order valence-electron chi connectivity index (χ2n) is 4.32. The van der Waals surface area contributed by atoms with Crippen molar-refractivity contribution in [2.24, 2.45) is 0 Å². The molecule has 0 radical (unpaired) electrons. The van der Waals surface area contributed by atoms with E-state index in [9.17, 15) is 9.90 Å². The molecule has 1 atom stereocenters. The van der Waals surface area contributed by atoms with Gasteiger partial charge >= 0.3 is 5.97 Å². The van der Waals surface area contributed by atoms with Crippen molar-refractivity contribution in [3.8, 4) is 0 Å². The zero-order valence-corrected chi connectivity index (χ0v) is 10.5. The zero-order valence-electron chi connectivity index (χ0n) is 10.5. The van der Waals surface area contributed by atoms with Crippen molar-refractivity contribution in [3.63, 3.8) is 0 Å². The summed E-state index contributed by atoms with van der Waals surface area (Å²) in [5, 5.41) is 21.9. The molecule has 1 heterocycles. The maximum atomic E-state index is 11.0. The van der Waals surface area contributed by atoms with Crippen LogP contribution in [0.1, 0.15) is 23.7 Å². The number of carboxylic acids is 1. The first-order chi connectivity index (χ1) is 8.46. The van der Waals surface area contributed by atoms with Gasteiger partial charge in [0.1, 0.15) is 0 Å². The third kappa shape index (κ3) is 4.31. The molecule has 0 spiro atoms. The first-order valence-electron chi connectivity index (χ1n) is 5.59. The Labute approximate surface area is 106 Å². The van der Waals surface area contributed by atoms with E-state index in [1.165, 1.54) is 18.5 Å². The highest BCUT2D eigenvalue weighted by Crippen LogP contribution is 2.16. The van der Waals surface area contributed by atoms with Gasteiger partial charge in [0.25, 0.3) is 0 Å². The van der Waals surface area contributed by atoms with Gasteiger partial charge in [0, 0.05) is 32.9 Å². The summed E-state index contributed by atoms with van der Waals surface area (Å²) >= 11 is 0. The number of hydrogen-bond acceptors (Lipinski definition) is 5. The highest BCUT2D eigenvalue weighted by molar-refractivity contribution is 5.93. The molecule has 0 fully saturated rings. The van der Waals surface area contributed by atoms with Crippen LogP contribution in [0.15, 0.2) is 18.5 Å². The van der Waals surface area contributed by atoms with Gasteiger partial charge < -0.3 is 20.3 Å². The molecular formula is C12H18N2O4. The molecule has 0 aromatic carbocycles. The highest BCUT2D eigenvalue weighted by Gasteiger charge is 2.20. The second-order valence-corrected chi connectivity index (χ2v) is 4.32. The van der Waals surface area contributed by atoms with Gasteiger partial charge in [-0.15, -0.1) is 0 Å². The smallest absolute Gasteiger partial charge is 0.337 e. The minimum absolute atomic E-state index is 0.132. The van der Waals surface area contributed by atoms with E-state index in [-0.39, 0.29) is 12.1 Å². The Balaban J connectivity index is 2.65. The Morgan fingerprint density at radius 3 is 2.94 bits per heavy atom. The Bertz CT molecular complexity index is 407. The summed E-state index contributed by atoms with van der Waals surface area (Å²) in [6, 6.07) is 1.41. The quantitative estimate of drug-likeness (QED) is 0.671. The van der Waals surface area contributed by atoms with Crippen molar-refractivity contribution in [2.45, 2.75) is 18.9 Å². The Kier molecular flexibility index (Phi) is 5.06. The number of rotatable bonds is 7. The predicted octanol–water partition coefficient (Wildman–Crippen LogP) is 0.979. The molecule has 1 aromatic heterocycles. The minimum atomic E-state index is -1.03. The van der Waals surface area contributed by atoms with E-state index in [1.54, 1.807) is 14.0 Å². The molecule has 0 aliphatic rings. The number of aliphatic hydroxyl groups is 1. The second kappa shape index (κ2) is 6.32. The molecule has 0 saturated carbocycles. The number of anilines is 1. The van der Waals surface area contributed by atoms with Crippen molar-refractivity contribution < 1.29 is 19.7 Å². The molecule has 0 aliphatic carbocycles. The summed E-state index contributed by atoms with van der Waals surface area (Å²) in [5.41, 5.74) is -0.447. The Morgan fingerprint density at radius 1 is 1.61 bits per heavy atom. The number of nitrogens with one attached hydrogen (secondary N) is 1. The van der Waals surface area contributed by atoms with Crippen molar-refractivity contribution in [2.75, 3.05) is 25.6 Å². The van der Waals surface area contributed by atoms with Crippen LogP contribution in [0.5, 0.6) is 0 Å². The van der Waals surface area contributed by atoms with Crippen LogP contribution in [-0.2, 0) is 4.74 Å². The summed E-state index contributed by atoms with van der Waals surface area (Å²) in [5.74, 6) is -1.03. The SMILES string of the molecule is COCCC(C)(O)CNc1cnccc1C(=O)O. The lowest BCUT2D eigenvalue weighted by Gasteiger charge is -2.24. The summed E-state index contributed by atoms with van der Waals surface area (Å²) in [6.45, 7) is 2.33. The van der Waals surface area contributed by atoms with Crippen molar-refractivity contribution >= 4 is 11.7 Å². The number of carbonyl (C=O) groups is 1. The topological polar surface area (TPSA) is 91.7 Å². The van der Waals surface area contributed by atoms with E-state index in [1.807, 2.05) is 0 Å². The number of aromatic carboxylic acids is 1.